The van der Waals surface area contributed by atoms with Crippen molar-refractivity contribution in [2.45, 2.75) is 47.0 Å². The second kappa shape index (κ2) is 6.08. The van der Waals surface area contributed by atoms with Crippen LogP contribution < -0.4 is 5.32 Å². The zero-order valence-corrected chi connectivity index (χ0v) is 15.0. The predicted molar refractivity (Wildman–Crippen MR) is 97.5 cm³/mol. The molecule has 2 aromatic rings. The van der Waals surface area contributed by atoms with Crippen LogP contribution in [0.5, 0.6) is 0 Å². The van der Waals surface area contributed by atoms with Crippen molar-refractivity contribution in [3.8, 4) is 0 Å². The first-order valence-electron chi connectivity index (χ1n) is 8.13. The van der Waals surface area contributed by atoms with Gasteiger partial charge in [0.15, 0.2) is 5.13 Å². The van der Waals surface area contributed by atoms with Gasteiger partial charge in [-0.3, -0.25) is 4.79 Å². The summed E-state index contributed by atoms with van der Waals surface area (Å²) in [4.78, 5) is 15.6. The summed E-state index contributed by atoms with van der Waals surface area (Å²) >= 11 is 1.49. The summed E-state index contributed by atoms with van der Waals surface area (Å²) in [5.74, 6) is 0.660. The summed E-state index contributed by atoms with van der Waals surface area (Å²) in [7, 11) is 0. The highest BCUT2D eigenvalue weighted by Crippen LogP contribution is 2.40. The first-order chi connectivity index (χ1) is 10.8. The average Bonchev–Trinajstić information content (AvgIpc) is 2.86. The number of carbonyl (C=O) groups excluding carboxylic acids is 1. The predicted octanol–water partition coefficient (Wildman–Crippen LogP) is 5.28. The van der Waals surface area contributed by atoms with E-state index in [9.17, 15) is 4.79 Å². The van der Waals surface area contributed by atoms with Gasteiger partial charge >= 0.3 is 0 Å². The van der Waals surface area contributed by atoms with Crippen LogP contribution >= 0.6 is 11.3 Å². The largest absolute Gasteiger partial charge is 0.302 e. The summed E-state index contributed by atoms with van der Waals surface area (Å²) in [5, 5.41) is 3.39. The fraction of sp³-hybridized carbons (Fsp3) is 0.474. The van der Waals surface area contributed by atoms with E-state index in [-0.39, 0.29) is 5.91 Å². The Bertz CT molecular complexity index is 767. The average molecular weight is 327 g/mol. The highest BCUT2D eigenvalue weighted by atomic mass is 32.1. The highest BCUT2D eigenvalue weighted by molar-refractivity contribution is 7.22. The number of allylic oxidation sites excluding steroid dienone is 2. The van der Waals surface area contributed by atoms with Crippen molar-refractivity contribution in [3.05, 3.63) is 29.8 Å². The van der Waals surface area contributed by atoms with Gasteiger partial charge in [-0.25, -0.2) is 4.98 Å². The Morgan fingerprint density at radius 2 is 2.17 bits per heavy atom. The maximum absolute atomic E-state index is 11.2. The van der Waals surface area contributed by atoms with Crippen molar-refractivity contribution in [1.82, 2.24) is 4.98 Å². The number of anilines is 1. The molecule has 1 atom stereocenters. The number of nitrogens with zero attached hydrogens (tertiary/aromatic N) is 1. The van der Waals surface area contributed by atoms with E-state index >= 15 is 0 Å². The van der Waals surface area contributed by atoms with Crippen LogP contribution in [0.2, 0.25) is 0 Å². The number of amides is 1. The molecule has 1 heterocycles. The topological polar surface area (TPSA) is 42.0 Å². The molecule has 1 radical (unpaired) electrons. The summed E-state index contributed by atoms with van der Waals surface area (Å²) < 4.78 is 1.06. The van der Waals surface area contributed by atoms with Crippen molar-refractivity contribution in [1.29, 1.82) is 0 Å². The third-order valence-corrected chi connectivity index (χ3v) is 5.51. The first kappa shape index (κ1) is 16.2. The number of fused-ring (bicyclic) bond motifs is 1. The molecule has 1 amide bonds. The van der Waals surface area contributed by atoms with Gasteiger partial charge in [0.1, 0.15) is 0 Å². The molecule has 0 saturated carbocycles. The van der Waals surface area contributed by atoms with Crippen molar-refractivity contribution in [2.75, 3.05) is 5.32 Å². The lowest BCUT2D eigenvalue weighted by molar-refractivity contribution is -0.114. The summed E-state index contributed by atoms with van der Waals surface area (Å²) in [6.07, 6.45) is 5.85. The third kappa shape index (κ3) is 3.63. The molecule has 1 N–H and O–H groups in total. The van der Waals surface area contributed by atoms with Gasteiger partial charge in [0.05, 0.1) is 10.2 Å². The molecule has 1 aromatic carbocycles. The molecular weight excluding hydrogens is 304 g/mol. The van der Waals surface area contributed by atoms with Crippen LogP contribution in [0.15, 0.2) is 18.2 Å². The quantitative estimate of drug-likeness (QED) is 0.815. The monoisotopic (exact) mass is 327 g/mol. The maximum Gasteiger partial charge on any atom is 0.223 e. The fourth-order valence-corrected chi connectivity index (χ4v) is 3.99. The maximum atomic E-state index is 11.2. The number of benzene rings is 1. The lowest BCUT2D eigenvalue weighted by atomic mass is 9.72. The number of carbonyl (C=O) groups is 1. The Kier molecular flexibility index (Phi) is 4.28. The molecule has 0 bridgehead atoms. The minimum absolute atomic E-state index is 0.0903. The SMILES string of the molecule is CC(=O)Nc1nc2[c]c(C3=CCC(C(C)(C)C)CC3)ccc2s1. The van der Waals surface area contributed by atoms with E-state index in [4.69, 9.17) is 0 Å². The van der Waals surface area contributed by atoms with Crippen LogP contribution in [0.3, 0.4) is 0 Å². The van der Waals surface area contributed by atoms with Crippen molar-refractivity contribution >= 4 is 38.2 Å². The van der Waals surface area contributed by atoms with E-state index in [2.05, 4.69) is 55.3 Å². The van der Waals surface area contributed by atoms with Gasteiger partial charge in [0.2, 0.25) is 5.91 Å². The van der Waals surface area contributed by atoms with Crippen LogP contribution in [-0.4, -0.2) is 10.9 Å². The standard InChI is InChI=1S/C19H23N2OS/c1-12(22)20-18-21-16-11-14(7-10-17(16)23-18)13-5-8-15(9-6-13)19(2,3)4/h5,7,10,15H,6,8-9H2,1-4H3,(H,20,21,22). The van der Waals surface area contributed by atoms with Gasteiger partial charge in [0, 0.05) is 13.0 Å². The smallest absolute Gasteiger partial charge is 0.223 e. The van der Waals surface area contributed by atoms with Crippen molar-refractivity contribution in [2.24, 2.45) is 11.3 Å². The molecule has 0 saturated heterocycles. The number of nitrogens with one attached hydrogen (secondary N) is 1. The third-order valence-electron chi connectivity index (χ3n) is 4.57. The van der Waals surface area contributed by atoms with E-state index in [1.807, 2.05) is 0 Å². The fourth-order valence-electron chi connectivity index (χ4n) is 3.12. The first-order valence-corrected chi connectivity index (χ1v) is 8.94. The van der Waals surface area contributed by atoms with Crippen LogP contribution in [0, 0.1) is 17.4 Å². The van der Waals surface area contributed by atoms with Gasteiger partial charge < -0.3 is 5.32 Å². The van der Waals surface area contributed by atoms with Gasteiger partial charge in [-0.1, -0.05) is 44.3 Å². The van der Waals surface area contributed by atoms with E-state index < -0.39 is 0 Å². The minimum Gasteiger partial charge on any atom is -0.302 e. The van der Waals surface area contributed by atoms with E-state index in [1.54, 1.807) is 0 Å². The van der Waals surface area contributed by atoms with Gasteiger partial charge in [-0.15, -0.1) is 0 Å². The normalized spacial score (nSPS) is 18.8. The zero-order valence-electron chi connectivity index (χ0n) is 14.2. The second-order valence-electron chi connectivity index (χ2n) is 7.35. The lowest BCUT2D eigenvalue weighted by Gasteiger charge is -2.33. The second-order valence-corrected chi connectivity index (χ2v) is 8.38. The highest BCUT2D eigenvalue weighted by Gasteiger charge is 2.26. The molecule has 1 aliphatic rings. The molecule has 121 valence electrons. The Morgan fingerprint density at radius 1 is 1.39 bits per heavy atom. The molecule has 3 nitrogen and oxygen atoms in total. The van der Waals surface area contributed by atoms with Crippen LogP contribution in [-0.2, 0) is 4.79 Å². The number of hydrogen-bond donors (Lipinski definition) is 1. The molecule has 23 heavy (non-hydrogen) atoms. The van der Waals surface area contributed by atoms with E-state index in [0.29, 0.717) is 10.5 Å². The van der Waals surface area contributed by atoms with Crippen LogP contribution in [0.1, 0.15) is 52.5 Å². The lowest BCUT2D eigenvalue weighted by Crippen LogP contribution is -2.21. The molecule has 0 spiro atoms. The van der Waals surface area contributed by atoms with Gasteiger partial charge in [-0.2, -0.15) is 0 Å². The number of aromatic nitrogens is 1. The minimum atomic E-state index is -0.0903. The van der Waals surface area contributed by atoms with E-state index in [1.165, 1.54) is 30.3 Å². The Labute approximate surface area is 141 Å². The number of thiazole rings is 1. The Morgan fingerprint density at radius 3 is 2.78 bits per heavy atom. The Balaban J connectivity index is 1.83. The van der Waals surface area contributed by atoms with E-state index in [0.717, 1.165) is 34.5 Å². The molecule has 0 aliphatic heterocycles. The number of rotatable bonds is 2. The van der Waals surface area contributed by atoms with Crippen molar-refractivity contribution in [3.63, 3.8) is 0 Å². The molecule has 3 rings (SSSR count). The summed E-state index contributed by atoms with van der Waals surface area (Å²) in [6.45, 7) is 8.48. The molecular formula is C19H23N2OS. The molecule has 1 aliphatic carbocycles. The summed E-state index contributed by atoms with van der Waals surface area (Å²) in [6, 6.07) is 7.63. The number of hydrogen-bond acceptors (Lipinski definition) is 3. The molecule has 1 aromatic heterocycles. The van der Waals surface area contributed by atoms with Gasteiger partial charge in [-0.05, 0) is 47.8 Å². The molecule has 4 heteroatoms. The molecule has 0 fully saturated rings. The Hall–Kier alpha value is -1.68. The van der Waals surface area contributed by atoms with Crippen molar-refractivity contribution < 1.29 is 4.79 Å². The zero-order chi connectivity index (χ0) is 16.6. The van der Waals surface area contributed by atoms with Crippen LogP contribution in [0.4, 0.5) is 5.13 Å². The summed E-state index contributed by atoms with van der Waals surface area (Å²) in [5.41, 5.74) is 3.74. The van der Waals surface area contributed by atoms with Gasteiger partial charge in [0.25, 0.3) is 0 Å². The van der Waals surface area contributed by atoms with Crippen LogP contribution in [0.25, 0.3) is 15.8 Å². The molecule has 1 unspecified atom stereocenters.